The summed E-state index contributed by atoms with van der Waals surface area (Å²) < 4.78 is 0. The van der Waals surface area contributed by atoms with Crippen LogP contribution in [-0.2, 0) is 17.1 Å². The molecule has 0 saturated heterocycles. The van der Waals surface area contributed by atoms with Gasteiger partial charge in [-0.25, -0.2) is 17.1 Å². The third-order valence-corrected chi connectivity index (χ3v) is 2.34. The average Bonchev–Trinajstić information content (AvgIpc) is 3.11. The number of hydrogen-bond acceptors (Lipinski definition) is 2. The van der Waals surface area contributed by atoms with Crippen molar-refractivity contribution in [1.82, 2.24) is 9.97 Å². The maximum atomic E-state index is 9.68. The Morgan fingerprint density at radius 2 is 1.89 bits per heavy atom. The van der Waals surface area contributed by atoms with Crippen LogP contribution in [0, 0.1) is 0 Å². The van der Waals surface area contributed by atoms with Crippen molar-refractivity contribution in [3.05, 3.63) is 78.4 Å². The number of H-pyrrole nitrogens is 1. The predicted octanol–water partition coefficient (Wildman–Crippen LogP) is 2.61. The molecule has 0 fully saturated rings. The van der Waals surface area contributed by atoms with Gasteiger partial charge >= 0.3 is 0 Å². The molecule has 1 aromatic heterocycles. The zero-order chi connectivity index (χ0) is 11.9. The van der Waals surface area contributed by atoms with Crippen LogP contribution in [-0.4, -0.2) is 15.1 Å². The molecule has 18 heavy (non-hydrogen) atoms. The maximum Gasteiger partial charge on any atom is 0.102 e. The second-order valence-corrected chi connectivity index (χ2v) is 3.56. The molecule has 3 rings (SSSR count). The van der Waals surface area contributed by atoms with E-state index in [4.69, 9.17) is 0 Å². The number of imidazole rings is 1. The van der Waals surface area contributed by atoms with Gasteiger partial charge in [0.25, 0.3) is 0 Å². The van der Waals surface area contributed by atoms with Gasteiger partial charge in [-0.2, -0.15) is 18.2 Å². The van der Waals surface area contributed by atoms with Crippen LogP contribution in [0.2, 0.25) is 0 Å². The summed E-state index contributed by atoms with van der Waals surface area (Å²) in [7, 11) is 0. The largest absolute Gasteiger partial charge is 0.747 e. The molecule has 0 aliphatic carbocycles. The van der Waals surface area contributed by atoms with Crippen molar-refractivity contribution >= 4 is 0 Å². The Kier molecular flexibility index (Phi) is 6.15. The van der Waals surface area contributed by atoms with E-state index >= 15 is 0 Å². The van der Waals surface area contributed by atoms with Crippen LogP contribution in [0.5, 0.6) is 0 Å². The molecule has 2 N–H and O–H groups in total. The van der Waals surface area contributed by atoms with E-state index in [1.807, 2.05) is 54.6 Å². The van der Waals surface area contributed by atoms with Gasteiger partial charge in [0.2, 0.25) is 0 Å². The van der Waals surface area contributed by atoms with Gasteiger partial charge < -0.3 is 39.9 Å². The molecule has 4 heteroatoms. The summed E-state index contributed by atoms with van der Waals surface area (Å²) in [5, 5.41) is 9.68. The van der Waals surface area contributed by atoms with E-state index in [9.17, 15) is 5.11 Å². The minimum Gasteiger partial charge on any atom is -0.747 e. The van der Waals surface area contributed by atoms with Crippen molar-refractivity contribution in [3.8, 4) is 0 Å². The normalized spacial score (nSPS) is 10.9. The second-order valence-electron chi connectivity index (χ2n) is 3.56. The molecular formula is C14H14FeN2O-6. The van der Waals surface area contributed by atoms with Crippen LogP contribution >= 0.6 is 0 Å². The summed E-state index contributed by atoms with van der Waals surface area (Å²) in [6, 6.07) is 17.5. The minimum absolute atomic E-state index is 0. The van der Waals surface area contributed by atoms with E-state index in [2.05, 4.69) is 9.97 Å². The SMILES string of the molecule is OC(c1ncc[nH]1)[c-]1[cH-][cH-][cH-][cH-]1.[Fe].c1cc[cH-]c1. The van der Waals surface area contributed by atoms with Crippen LogP contribution in [0.4, 0.5) is 0 Å². The molecule has 2 aromatic carbocycles. The number of aliphatic hydroxyl groups excluding tert-OH is 1. The topological polar surface area (TPSA) is 48.9 Å². The van der Waals surface area contributed by atoms with Crippen molar-refractivity contribution < 1.29 is 22.2 Å². The Morgan fingerprint density at radius 3 is 2.33 bits per heavy atom. The smallest absolute Gasteiger partial charge is 0.102 e. The number of nitrogens with zero attached hydrogens (tertiary/aromatic N) is 1. The van der Waals surface area contributed by atoms with Crippen molar-refractivity contribution in [1.29, 1.82) is 0 Å². The Morgan fingerprint density at radius 1 is 1.22 bits per heavy atom. The number of nitrogens with one attached hydrogen (secondary N) is 1. The van der Waals surface area contributed by atoms with Crippen LogP contribution in [0.25, 0.3) is 0 Å². The fourth-order valence-corrected chi connectivity index (χ4v) is 1.48. The van der Waals surface area contributed by atoms with E-state index in [0.29, 0.717) is 5.82 Å². The summed E-state index contributed by atoms with van der Waals surface area (Å²) in [4.78, 5) is 6.83. The molecule has 0 aliphatic heterocycles. The monoisotopic (exact) mass is 282 g/mol. The zero-order valence-electron chi connectivity index (χ0n) is 9.68. The third kappa shape index (κ3) is 4.00. The van der Waals surface area contributed by atoms with E-state index in [1.54, 1.807) is 12.4 Å². The molecule has 0 aliphatic rings. The summed E-state index contributed by atoms with van der Waals surface area (Å²) in [6.07, 6.45) is 2.69. The summed E-state index contributed by atoms with van der Waals surface area (Å²) in [5.41, 5.74) is 0.866. The molecule has 1 atom stereocenters. The Balaban J connectivity index is 0.000000230. The summed E-state index contributed by atoms with van der Waals surface area (Å²) in [6.45, 7) is 0. The molecule has 0 spiro atoms. The fourth-order valence-electron chi connectivity index (χ4n) is 1.48. The van der Waals surface area contributed by atoms with Gasteiger partial charge in [0.05, 0.1) is 0 Å². The number of aromatic nitrogens is 2. The Hall–Kier alpha value is -1.61. The number of aromatic amines is 1. The first-order valence-corrected chi connectivity index (χ1v) is 5.43. The first-order valence-electron chi connectivity index (χ1n) is 5.43. The Bertz CT molecular complexity index is 434. The molecule has 3 aromatic rings. The van der Waals surface area contributed by atoms with Crippen LogP contribution in [0.1, 0.15) is 17.5 Å². The number of rotatable bonds is 2. The van der Waals surface area contributed by atoms with E-state index in [1.165, 1.54) is 0 Å². The summed E-state index contributed by atoms with van der Waals surface area (Å²) >= 11 is 0. The molecule has 100 valence electrons. The van der Waals surface area contributed by atoms with Crippen molar-refractivity contribution in [2.45, 2.75) is 6.10 Å². The van der Waals surface area contributed by atoms with Gasteiger partial charge in [-0.3, -0.25) is 0 Å². The van der Waals surface area contributed by atoms with Crippen molar-refractivity contribution in [2.75, 3.05) is 0 Å². The maximum absolute atomic E-state index is 9.68. The molecule has 1 unspecified atom stereocenters. The standard InChI is InChI=1S/C9H9N2O.C5H5.Fe/c12-8(7-3-1-2-4-7)9-10-5-6-11-9;1-2-4-5-3-1;/h1-6,8,12H,(H,10,11);1-5H;/q-5;-1;. The molecule has 0 amide bonds. The zero-order valence-corrected chi connectivity index (χ0v) is 10.8. The molecule has 1 heterocycles. The van der Waals surface area contributed by atoms with E-state index in [0.717, 1.165) is 5.56 Å². The van der Waals surface area contributed by atoms with Crippen LogP contribution in [0.3, 0.4) is 0 Å². The number of hydrogen-bond donors (Lipinski definition) is 2. The fraction of sp³-hybridized carbons (Fsp3) is 0.0714. The van der Waals surface area contributed by atoms with Crippen molar-refractivity contribution in [3.63, 3.8) is 0 Å². The van der Waals surface area contributed by atoms with Gasteiger partial charge in [-0.1, -0.05) is 0 Å². The van der Waals surface area contributed by atoms with Gasteiger partial charge in [-0.05, 0) is 6.10 Å². The van der Waals surface area contributed by atoms with Crippen LogP contribution < -0.4 is 0 Å². The number of aliphatic hydroxyl groups is 1. The summed E-state index contributed by atoms with van der Waals surface area (Å²) in [5.74, 6) is 0.584. The molecule has 0 radical (unpaired) electrons. The second kappa shape index (κ2) is 7.66. The molecule has 0 bridgehead atoms. The molecule has 0 saturated carbocycles. The van der Waals surface area contributed by atoms with Gasteiger partial charge in [0, 0.05) is 29.5 Å². The first kappa shape index (κ1) is 14.5. The predicted molar refractivity (Wildman–Crippen MR) is 66.7 cm³/mol. The van der Waals surface area contributed by atoms with Gasteiger partial charge in [0.15, 0.2) is 0 Å². The van der Waals surface area contributed by atoms with Crippen LogP contribution in [0.15, 0.2) is 67.0 Å². The van der Waals surface area contributed by atoms with Gasteiger partial charge in [0.1, 0.15) is 5.82 Å². The average molecular weight is 282 g/mol. The first-order chi connectivity index (χ1) is 8.38. The van der Waals surface area contributed by atoms with Crippen molar-refractivity contribution in [2.24, 2.45) is 0 Å². The minimum atomic E-state index is -0.630. The van der Waals surface area contributed by atoms with Gasteiger partial charge in [-0.15, -0.1) is 0 Å². The molecular weight excluding hydrogens is 268 g/mol. The molecule has 3 nitrogen and oxygen atoms in total. The van der Waals surface area contributed by atoms with E-state index in [-0.39, 0.29) is 17.1 Å². The van der Waals surface area contributed by atoms with E-state index < -0.39 is 6.10 Å². The third-order valence-electron chi connectivity index (χ3n) is 2.34. The quantitative estimate of drug-likeness (QED) is 0.560. The Labute approximate surface area is 117 Å².